The standard InChI is InChI=1S/C36H37N3O5/c1-36(2,3)44-35(42)38-26-19-17-25(18-20-26)22-37-33(40)32(21-24-11-5-4-6-12-24)39-34(41)43-23-31-29-15-9-7-13-27(29)28-14-8-10-16-30(28)31/h4-20,31-32H,21-23H2,1-3H3,(H,37,40)(H,38,42)(H,39,41)/t32-/m1/s1. The fourth-order valence-corrected chi connectivity index (χ4v) is 5.28. The Hall–Kier alpha value is -5.11. The first-order valence-corrected chi connectivity index (χ1v) is 14.7. The van der Waals surface area contributed by atoms with Crippen LogP contribution < -0.4 is 16.0 Å². The normalized spacial score (nSPS) is 12.8. The second kappa shape index (κ2) is 13.5. The second-order valence-corrected chi connectivity index (χ2v) is 11.8. The van der Waals surface area contributed by atoms with Crippen LogP contribution in [0.15, 0.2) is 103 Å². The van der Waals surface area contributed by atoms with E-state index < -0.39 is 23.8 Å². The number of ether oxygens (including phenoxy) is 2. The topological polar surface area (TPSA) is 106 Å². The van der Waals surface area contributed by atoms with Gasteiger partial charge in [0, 0.05) is 24.6 Å². The molecule has 3 amide bonds. The smallest absolute Gasteiger partial charge is 0.412 e. The van der Waals surface area contributed by atoms with Crippen molar-refractivity contribution in [2.75, 3.05) is 11.9 Å². The summed E-state index contributed by atoms with van der Waals surface area (Å²) < 4.78 is 11.0. The largest absolute Gasteiger partial charge is 0.449 e. The van der Waals surface area contributed by atoms with Crippen molar-refractivity contribution in [2.45, 2.75) is 51.3 Å². The van der Waals surface area contributed by atoms with Gasteiger partial charge in [0.25, 0.3) is 0 Å². The maximum atomic E-state index is 13.3. The summed E-state index contributed by atoms with van der Waals surface area (Å²) in [7, 11) is 0. The molecule has 4 aromatic rings. The Kier molecular flexibility index (Phi) is 9.29. The van der Waals surface area contributed by atoms with Crippen molar-refractivity contribution < 1.29 is 23.9 Å². The first-order valence-electron chi connectivity index (χ1n) is 14.7. The van der Waals surface area contributed by atoms with Crippen LogP contribution in [-0.4, -0.2) is 36.3 Å². The second-order valence-electron chi connectivity index (χ2n) is 11.8. The highest BCUT2D eigenvalue weighted by molar-refractivity contribution is 5.86. The molecule has 0 saturated carbocycles. The first-order chi connectivity index (χ1) is 21.2. The molecular formula is C36H37N3O5. The minimum Gasteiger partial charge on any atom is -0.449 e. The van der Waals surface area contributed by atoms with Crippen LogP contribution in [0.2, 0.25) is 0 Å². The van der Waals surface area contributed by atoms with Gasteiger partial charge in [-0.1, -0.05) is 91.0 Å². The summed E-state index contributed by atoms with van der Waals surface area (Å²) in [4.78, 5) is 38.4. The third-order valence-electron chi connectivity index (χ3n) is 7.30. The van der Waals surface area contributed by atoms with E-state index in [0.717, 1.165) is 33.4 Å². The minimum atomic E-state index is -0.846. The van der Waals surface area contributed by atoms with Gasteiger partial charge in [-0.25, -0.2) is 9.59 Å². The fourth-order valence-electron chi connectivity index (χ4n) is 5.28. The van der Waals surface area contributed by atoms with Crippen LogP contribution in [0.4, 0.5) is 15.3 Å². The summed E-state index contributed by atoms with van der Waals surface area (Å²) in [5.41, 5.74) is 6.24. The highest BCUT2D eigenvalue weighted by Crippen LogP contribution is 2.44. The summed E-state index contributed by atoms with van der Waals surface area (Å²) in [6.45, 7) is 5.79. The van der Waals surface area contributed by atoms with E-state index in [2.05, 4.69) is 40.2 Å². The molecule has 3 N–H and O–H groups in total. The molecule has 5 rings (SSSR count). The van der Waals surface area contributed by atoms with E-state index in [9.17, 15) is 14.4 Å². The maximum Gasteiger partial charge on any atom is 0.412 e. The molecule has 1 aliphatic carbocycles. The summed E-state index contributed by atoms with van der Waals surface area (Å²) in [6.07, 6.45) is -0.891. The van der Waals surface area contributed by atoms with Crippen molar-refractivity contribution in [3.8, 4) is 11.1 Å². The van der Waals surface area contributed by atoms with E-state index in [1.165, 1.54) is 0 Å². The molecule has 44 heavy (non-hydrogen) atoms. The third kappa shape index (κ3) is 7.83. The number of carbonyl (C=O) groups is 3. The highest BCUT2D eigenvalue weighted by Gasteiger charge is 2.30. The van der Waals surface area contributed by atoms with Crippen LogP contribution >= 0.6 is 0 Å². The lowest BCUT2D eigenvalue weighted by molar-refractivity contribution is -0.123. The molecule has 0 heterocycles. The molecule has 0 spiro atoms. The number of hydrogen-bond acceptors (Lipinski definition) is 5. The lowest BCUT2D eigenvalue weighted by Crippen LogP contribution is -2.48. The molecule has 0 saturated heterocycles. The SMILES string of the molecule is CC(C)(C)OC(=O)Nc1ccc(CNC(=O)[C@@H](Cc2ccccc2)NC(=O)OCC2c3ccccc3-c3ccccc32)cc1. The molecule has 0 bridgehead atoms. The Morgan fingerprint density at radius 2 is 1.32 bits per heavy atom. The number of amides is 3. The first kappa shape index (κ1) is 30.4. The molecule has 4 aromatic carbocycles. The van der Waals surface area contributed by atoms with Gasteiger partial charge in [-0.05, 0) is 66.3 Å². The van der Waals surface area contributed by atoms with Crippen LogP contribution in [0.1, 0.15) is 48.9 Å². The summed E-state index contributed by atoms with van der Waals surface area (Å²) in [5.74, 6) is -0.416. The Balaban J connectivity index is 1.20. The quantitative estimate of drug-likeness (QED) is 0.199. The van der Waals surface area contributed by atoms with Crippen LogP contribution in [0, 0.1) is 0 Å². The summed E-state index contributed by atoms with van der Waals surface area (Å²) in [5, 5.41) is 8.40. The van der Waals surface area contributed by atoms with Crippen LogP contribution in [0.25, 0.3) is 11.1 Å². The number of fused-ring (bicyclic) bond motifs is 3. The van der Waals surface area contributed by atoms with Crippen molar-refractivity contribution in [3.05, 3.63) is 125 Å². The Labute approximate surface area is 257 Å². The number of nitrogens with one attached hydrogen (secondary N) is 3. The number of hydrogen-bond donors (Lipinski definition) is 3. The van der Waals surface area contributed by atoms with Crippen molar-refractivity contribution in [1.29, 1.82) is 0 Å². The molecule has 1 atom stereocenters. The van der Waals surface area contributed by atoms with E-state index >= 15 is 0 Å². The molecule has 0 fully saturated rings. The molecule has 0 radical (unpaired) electrons. The third-order valence-corrected chi connectivity index (χ3v) is 7.30. The molecule has 226 valence electrons. The van der Waals surface area contributed by atoms with Crippen molar-refractivity contribution in [1.82, 2.24) is 10.6 Å². The number of anilines is 1. The van der Waals surface area contributed by atoms with Gasteiger partial charge in [0.05, 0.1) is 0 Å². The zero-order valence-corrected chi connectivity index (χ0v) is 25.1. The van der Waals surface area contributed by atoms with E-state index in [0.29, 0.717) is 12.1 Å². The Morgan fingerprint density at radius 1 is 0.727 bits per heavy atom. The number of benzene rings is 4. The monoisotopic (exact) mass is 591 g/mol. The molecule has 0 unspecified atom stereocenters. The van der Waals surface area contributed by atoms with Gasteiger partial charge in [0.1, 0.15) is 18.2 Å². The fraction of sp³-hybridized carbons (Fsp3) is 0.250. The van der Waals surface area contributed by atoms with Crippen LogP contribution in [0.5, 0.6) is 0 Å². The van der Waals surface area contributed by atoms with Crippen molar-refractivity contribution in [3.63, 3.8) is 0 Å². The van der Waals surface area contributed by atoms with E-state index in [1.54, 1.807) is 45.0 Å². The highest BCUT2D eigenvalue weighted by atomic mass is 16.6. The lowest BCUT2D eigenvalue weighted by Gasteiger charge is -2.20. The van der Waals surface area contributed by atoms with Crippen LogP contribution in [-0.2, 0) is 27.2 Å². The van der Waals surface area contributed by atoms with Gasteiger partial charge in [0.2, 0.25) is 5.91 Å². The average molecular weight is 592 g/mol. The maximum absolute atomic E-state index is 13.3. The van der Waals surface area contributed by atoms with Crippen molar-refractivity contribution in [2.24, 2.45) is 0 Å². The van der Waals surface area contributed by atoms with E-state index in [1.807, 2.05) is 54.6 Å². The van der Waals surface area contributed by atoms with Gasteiger partial charge < -0.3 is 20.1 Å². The molecule has 0 aliphatic heterocycles. The van der Waals surface area contributed by atoms with Crippen molar-refractivity contribution >= 4 is 23.8 Å². The lowest BCUT2D eigenvalue weighted by atomic mass is 9.98. The predicted octanol–water partition coefficient (Wildman–Crippen LogP) is 6.80. The van der Waals surface area contributed by atoms with Gasteiger partial charge in [-0.15, -0.1) is 0 Å². The molecule has 0 aromatic heterocycles. The zero-order chi connectivity index (χ0) is 31.1. The molecular weight excluding hydrogens is 554 g/mol. The summed E-state index contributed by atoms with van der Waals surface area (Å²) in [6, 6.07) is 32.0. The minimum absolute atomic E-state index is 0.0812. The van der Waals surface area contributed by atoms with Gasteiger partial charge in [-0.2, -0.15) is 0 Å². The van der Waals surface area contributed by atoms with Gasteiger partial charge >= 0.3 is 12.2 Å². The number of carbonyl (C=O) groups excluding carboxylic acids is 3. The Bertz CT molecular complexity index is 1570. The molecule has 1 aliphatic rings. The predicted molar refractivity (Wildman–Crippen MR) is 170 cm³/mol. The molecule has 8 nitrogen and oxygen atoms in total. The van der Waals surface area contributed by atoms with Gasteiger partial charge in [0.15, 0.2) is 0 Å². The van der Waals surface area contributed by atoms with E-state index in [4.69, 9.17) is 9.47 Å². The Morgan fingerprint density at radius 3 is 1.93 bits per heavy atom. The zero-order valence-electron chi connectivity index (χ0n) is 25.1. The summed E-state index contributed by atoms with van der Waals surface area (Å²) >= 11 is 0. The number of alkyl carbamates (subject to hydrolysis) is 1. The number of rotatable bonds is 9. The van der Waals surface area contributed by atoms with E-state index in [-0.39, 0.29) is 25.0 Å². The van der Waals surface area contributed by atoms with Gasteiger partial charge in [-0.3, -0.25) is 10.1 Å². The van der Waals surface area contributed by atoms with Crippen LogP contribution in [0.3, 0.4) is 0 Å². The average Bonchev–Trinajstić information content (AvgIpc) is 3.32. The molecule has 8 heteroatoms.